The Hall–Kier alpha value is -2.81. The number of carbonyl (C=O) groups is 1. The predicted molar refractivity (Wildman–Crippen MR) is 105 cm³/mol. The van der Waals surface area contributed by atoms with Crippen LogP contribution in [0.25, 0.3) is 0 Å². The molecule has 1 saturated heterocycles. The molecule has 0 atom stereocenters. The topological polar surface area (TPSA) is 54.9 Å². The van der Waals surface area contributed by atoms with E-state index in [2.05, 4.69) is 16.8 Å². The van der Waals surface area contributed by atoms with E-state index in [0.29, 0.717) is 30.8 Å². The molecule has 162 valence electrons. The van der Waals surface area contributed by atoms with Crippen LogP contribution in [0.4, 0.5) is 18.0 Å². The molecule has 2 aromatic rings. The molecule has 0 spiro atoms. The number of piperazine rings is 1. The molecule has 1 aromatic carbocycles. The molecule has 3 rings (SSSR count). The van der Waals surface area contributed by atoms with Gasteiger partial charge in [0.2, 0.25) is 5.88 Å². The molecule has 0 radical (unpaired) electrons. The summed E-state index contributed by atoms with van der Waals surface area (Å²) >= 11 is 0. The summed E-state index contributed by atoms with van der Waals surface area (Å²) in [6, 6.07) is 8.30. The van der Waals surface area contributed by atoms with Crippen LogP contribution in [0, 0.1) is 0 Å². The van der Waals surface area contributed by atoms with E-state index in [0.717, 1.165) is 44.6 Å². The number of hydrogen-bond acceptors (Lipinski definition) is 5. The van der Waals surface area contributed by atoms with E-state index in [1.54, 1.807) is 29.2 Å². The lowest BCUT2D eigenvalue weighted by atomic mass is 10.2. The van der Waals surface area contributed by atoms with Gasteiger partial charge in [-0.3, -0.25) is 4.90 Å². The molecule has 9 heteroatoms. The van der Waals surface area contributed by atoms with Crippen LogP contribution in [0.15, 0.2) is 42.6 Å². The van der Waals surface area contributed by atoms with Crippen molar-refractivity contribution in [3.05, 3.63) is 48.2 Å². The molecule has 1 aliphatic rings. The zero-order valence-electron chi connectivity index (χ0n) is 16.7. The minimum absolute atomic E-state index is 0.0358. The highest BCUT2D eigenvalue weighted by molar-refractivity contribution is 5.70. The molecule has 0 N–H and O–H groups in total. The lowest BCUT2D eigenvalue weighted by Gasteiger charge is -2.33. The Morgan fingerprint density at radius 2 is 1.70 bits per heavy atom. The number of unbranched alkanes of at least 4 members (excludes halogenated alkanes) is 1. The number of carbonyl (C=O) groups excluding carboxylic acids is 1. The predicted octanol–water partition coefficient (Wildman–Crippen LogP) is 4.81. The normalized spacial score (nSPS) is 15.1. The zero-order chi connectivity index (χ0) is 21.6. The van der Waals surface area contributed by atoms with E-state index in [4.69, 9.17) is 9.47 Å². The second-order valence-corrected chi connectivity index (χ2v) is 7.01. The van der Waals surface area contributed by atoms with Gasteiger partial charge in [0, 0.05) is 38.4 Å². The summed E-state index contributed by atoms with van der Waals surface area (Å²) in [6.45, 7) is 6.13. The Balaban J connectivity index is 1.49. The third kappa shape index (κ3) is 6.09. The molecule has 0 saturated carbocycles. The Labute approximate surface area is 173 Å². The second kappa shape index (κ2) is 9.80. The van der Waals surface area contributed by atoms with Crippen LogP contribution in [-0.2, 0) is 6.18 Å². The maximum absolute atomic E-state index is 12.6. The molecule has 1 aromatic heterocycles. The maximum atomic E-state index is 12.6. The fourth-order valence-electron chi connectivity index (χ4n) is 3.01. The minimum Gasteiger partial charge on any atom is -0.439 e. The number of hydrogen-bond donors (Lipinski definition) is 0. The summed E-state index contributed by atoms with van der Waals surface area (Å²) in [5, 5.41) is 0. The number of benzene rings is 1. The van der Waals surface area contributed by atoms with Gasteiger partial charge < -0.3 is 14.4 Å². The average Bonchev–Trinajstić information content (AvgIpc) is 2.74. The molecule has 6 nitrogen and oxygen atoms in total. The first kappa shape index (κ1) is 21.9. The van der Waals surface area contributed by atoms with Gasteiger partial charge in [0.1, 0.15) is 11.5 Å². The summed E-state index contributed by atoms with van der Waals surface area (Å²) in [7, 11) is 0. The van der Waals surface area contributed by atoms with Crippen LogP contribution in [0.1, 0.15) is 25.3 Å². The second-order valence-electron chi connectivity index (χ2n) is 7.01. The first-order chi connectivity index (χ1) is 14.3. The van der Waals surface area contributed by atoms with Crippen molar-refractivity contribution in [1.29, 1.82) is 0 Å². The molecule has 30 heavy (non-hydrogen) atoms. The van der Waals surface area contributed by atoms with Crippen molar-refractivity contribution in [2.24, 2.45) is 0 Å². The smallest absolute Gasteiger partial charge is 0.417 e. The van der Waals surface area contributed by atoms with Gasteiger partial charge >= 0.3 is 12.3 Å². The van der Waals surface area contributed by atoms with Crippen molar-refractivity contribution in [3.8, 4) is 17.4 Å². The van der Waals surface area contributed by atoms with Gasteiger partial charge in [-0.2, -0.15) is 13.2 Å². The minimum atomic E-state index is -4.45. The lowest BCUT2D eigenvalue weighted by Crippen LogP contribution is -2.49. The van der Waals surface area contributed by atoms with Crippen LogP contribution in [0.5, 0.6) is 17.4 Å². The van der Waals surface area contributed by atoms with Crippen LogP contribution >= 0.6 is 0 Å². The van der Waals surface area contributed by atoms with Gasteiger partial charge in [0.15, 0.2) is 0 Å². The summed E-state index contributed by atoms with van der Waals surface area (Å²) < 4.78 is 48.5. The fraction of sp³-hybridized carbons (Fsp3) is 0.429. The highest BCUT2D eigenvalue weighted by atomic mass is 19.4. The van der Waals surface area contributed by atoms with E-state index < -0.39 is 17.8 Å². The number of pyridine rings is 1. The van der Waals surface area contributed by atoms with Gasteiger partial charge in [-0.25, -0.2) is 9.78 Å². The maximum Gasteiger partial charge on any atom is 0.417 e. The number of alkyl halides is 3. The summed E-state index contributed by atoms with van der Waals surface area (Å²) in [4.78, 5) is 20.0. The van der Waals surface area contributed by atoms with Crippen molar-refractivity contribution in [2.75, 3.05) is 32.7 Å². The van der Waals surface area contributed by atoms with Gasteiger partial charge in [0.05, 0.1) is 5.56 Å². The summed E-state index contributed by atoms with van der Waals surface area (Å²) in [6.07, 6.45) is -1.83. The molecule has 0 unspecified atom stereocenters. The summed E-state index contributed by atoms with van der Waals surface area (Å²) in [5.74, 6) is 0.765. The van der Waals surface area contributed by atoms with E-state index in [1.165, 1.54) is 0 Å². The van der Waals surface area contributed by atoms with Crippen molar-refractivity contribution in [1.82, 2.24) is 14.8 Å². The van der Waals surface area contributed by atoms with Crippen molar-refractivity contribution < 1.29 is 27.4 Å². The van der Waals surface area contributed by atoms with E-state index in [-0.39, 0.29) is 5.88 Å². The number of rotatable bonds is 6. The number of ether oxygens (including phenoxy) is 2. The number of aromatic nitrogens is 1. The highest BCUT2D eigenvalue weighted by Crippen LogP contribution is 2.30. The first-order valence-electron chi connectivity index (χ1n) is 9.85. The van der Waals surface area contributed by atoms with E-state index >= 15 is 0 Å². The molecule has 1 fully saturated rings. The summed E-state index contributed by atoms with van der Waals surface area (Å²) in [5.41, 5.74) is -0.844. The van der Waals surface area contributed by atoms with E-state index in [1.807, 2.05) is 0 Å². The fourth-order valence-corrected chi connectivity index (χ4v) is 3.01. The Kier molecular flexibility index (Phi) is 7.15. The van der Waals surface area contributed by atoms with Gasteiger partial charge in [-0.1, -0.05) is 13.3 Å². The largest absolute Gasteiger partial charge is 0.439 e. The molecule has 1 aliphatic heterocycles. The molecule has 0 bridgehead atoms. The van der Waals surface area contributed by atoms with Gasteiger partial charge in [0.25, 0.3) is 0 Å². The van der Waals surface area contributed by atoms with Crippen LogP contribution in [0.2, 0.25) is 0 Å². The number of amides is 1. The van der Waals surface area contributed by atoms with Crippen LogP contribution in [-0.4, -0.2) is 53.6 Å². The highest BCUT2D eigenvalue weighted by Gasteiger charge is 2.30. The van der Waals surface area contributed by atoms with Gasteiger partial charge in [-0.05, 0) is 43.3 Å². The standard InChI is InChI=1S/C21H24F3N3O3/c1-2-3-10-26-11-13-27(14-12-26)20(28)30-18-7-5-17(6-8-18)29-19-9-4-16(15-25-19)21(22,23)24/h4-9,15H,2-3,10-14H2,1H3. The Morgan fingerprint density at radius 1 is 1.03 bits per heavy atom. The van der Waals surface area contributed by atoms with Crippen LogP contribution in [0.3, 0.4) is 0 Å². The van der Waals surface area contributed by atoms with Crippen LogP contribution < -0.4 is 9.47 Å². The number of halogens is 3. The SMILES string of the molecule is CCCCN1CCN(C(=O)Oc2ccc(Oc3ccc(C(F)(F)F)cn3)cc2)CC1. The lowest BCUT2D eigenvalue weighted by molar-refractivity contribution is -0.137. The Morgan fingerprint density at radius 3 is 2.27 bits per heavy atom. The molecule has 1 amide bonds. The van der Waals surface area contributed by atoms with E-state index in [9.17, 15) is 18.0 Å². The average molecular weight is 423 g/mol. The zero-order valence-corrected chi connectivity index (χ0v) is 16.7. The third-order valence-corrected chi connectivity index (χ3v) is 4.77. The first-order valence-corrected chi connectivity index (χ1v) is 9.85. The number of nitrogens with zero attached hydrogens (tertiary/aromatic N) is 3. The molecular weight excluding hydrogens is 399 g/mol. The quantitative estimate of drug-likeness (QED) is 0.668. The Bertz CT molecular complexity index is 818. The molecule has 2 heterocycles. The van der Waals surface area contributed by atoms with Crippen molar-refractivity contribution >= 4 is 6.09 Å². The van der Waals surface area contributed by atoms with Crippen molar-refractivity contribution in [3.63, 3.8) is 0 Å². The third-order valence-electron chi connectivity index (χ3n) is 4.77. The monoisotopic (exact) mass is 423 g/mol. The van der Waals surface area contributed by atoms with Crippen molar-refractivity contribution in [2.45, 2.75) is 25.9 Å². The molecular formula is C21H24F3N3O3. The van der Waals surface area contributed by atoms with Gasteiger partial charge in [-0.15, -0.1) is 0 Å². The molecule has 0 aliphatic carbocycles.